The van der Waals surface area contributed by atoms with Gasteiger partial charge in [0.2, 0.25) is 0 Å². The lowest BCUT2D eigenvalue weighted by molar-refractivity contribution is 0.585. The fourth-order valence-electron chi connectivity index (χ4n) is 1.65. The Kier molecular flexibility index (Phi) is 2.55. The average molecular weight is 189 g/mol. The first-order chi connectivity index (χ1) is 6.81. The molecule has 1 heterocycles. The largest absolute Gasteiger partial charge is 0.464 e. The highest BCUT2D eigenvalue weighted by Gasteiger charge is 2.06. The summed E-state index contributed by atoms with van der Waals surface area (Å²) in [7, 11) is 1.98. The van der Waals surface area contributed by atoms with Crippen molar-refractivity contribution in [2.75, 3.05) is 7.05 Å². The summed E-state index contributed by atoms with van der Waals surface area (Å²) in [4.78, 5) is 0. The van der Waals surface area contributed by atoms with Gasteiger partial charge in [-0.05, 0) is 32.0 Å². The van der Waals surface area contributed by atoms with Crippen LogP contribution in [0.4, 0.5) is 0 Å². The van der Waals surface area contributed by atoms with Crippen LogP contribution in [0.1, 0.15) is 12.5 Å². The molecule has 74 valence electrons. The van der Waals surface area contributed by atoms with Crippen molar-refractivity contribution in [2.45, 2.75) is 19.4 Å². The highest BCUT2D eigenvalue weighted by molar-refractivity contribution is 5.80. The fourth-order valence-corrected chi connectivity index (χ4v) is 1.65. The van der Waals surface area contributed by atoms with Crippen LogP contribution in [-0.4, -0.2) is 13.1 Å². The van der Waals surface area contributed by atoms with Crippen molar-refractivity contribution < 1.29 is 4.42 Å². The molecule has 2 heteroatoms. The summed E-state index contributed by atoms with van der Waals surface area (Å²) in [5.74, 6) is 0. The minimum Gasteiger partial charge on any atom is -0.464 e. The van der Waals surface area contributed by atoms with E-state index in [0.717, 1.165) is 12.0 Å². The van der Waals surface area contributed by atoms with Gasteiger partial charge in [-0.25, -0.2) is 0 Å². The molecule has 2 rings (SSSR count). The van der Waals surface area contributed by atoms with Crippen LogP contribution in [0.5, 0.6) is 0 Å². The van der Waals surface area contributed by atoms with Crippen LogP contribution in [0.3, 0.4) is 0 Å². The second-order valence-electron chi connectivity index (χ2n) is 3.65. The predicted molar refractivity (Wildman–Crippen MR) is 58.4 cm³/mol. The van der Waals surface area contributed by atoms with E-state index in [1.165, 1.54) is 10.9 Å². The van der Waals surface area contributed by atoms with Gasteiger partial charge in [-0.15, -0.1) is 0 Å². The van der Waals surface area contributed by atoms with Crippen LogP contribution in [0.15, 0.2) is 34.9 Å². The van der Waals surface area contributed by atoms with E-state index < -0.39 is 0 Å². The number of para-hydroxylation sites is 1. The summed E-state index contributed by atoms with van der Waals surface area (Å²) in [6, 6.07) is 8.76. The molecule has 0 bridgehead atoms. The smallest absolute Gasteiger partial charge is 0.137 e. The molecule has 0 amide bonds. The molecule has 2 aromatic rings. The number of fused-ring (bicyclic) bond motifs is 1. The average Bonchev–Trinajstić information content (AvgIpc) is 2.66. The summed E-state index contributed by atoms with van der Waals surface area (Å²) in [6.07, 6.45) is 2.75. The Morgan fingerprint density at radius 1 is 1.36 bits per heavy atom. The number of hydrogen-bond acceptors (Lipinski definition) is 2. The van der Waals surface area contributed by atoms with Crippen LogP contribution in [0.25, 0.3) is 11.0 Å². The first kappa shape index (κ1) is 9.28. The van der Waals surface area contributed by atoms with Gasteiger partial charge in [0, 0.05) is 11.4 Å². The number of rotatable bonds is 3. The lowest BCUT2D eigenvalue weighted by atomic mass is 10.1. The minimum absolute atomic E-state index is 0.477. The summed E-state index contributed by atoms with van der Waals surface area (Å²) < 4.78 is 5.47. The zero-order valence-electron chi connectivity index (χ0n) is 8.58. The van der Waals surface area contributed by atoms with E-state index in [-0.39, 0.29) is 0 Å². The van der Waals surface area contributed by atoms with Gasteiger partial charge in [0.1, 0.15) is 5.58 Å². The summed E-state index contributed by atoms with van der Waals surface area (Å²) in [6.45, 7) is 2.17. The standard InChI is InChI=1S/C12H15NO/c1-9(13-2)8-11-5-3-4-10-6-7-14-12(10)11/h3-7,9,13H,8H2,1-2H3. The number of nitrogens with one attached hydrogen (secondary N) is 1. The molecule has 1 aromatic carbocycles. The molecule has 1 atom stereocenters. The zero-order valence-corrected chi connectivity index (χ0v) is 8.58. The third kappa shape index (κ3) is 1.66. The van der Waals surface area contributed by atoms with E-state index in [9.17, 15) is 0 Å². The van der Waals surface area contributed by atoms with Gasteiger partial charge in [-0.2, -0.15) is 0 Å². The second kappa shape index (κ2) is 3.84. The Bertz CT molecular complexity index is 419. The molecule has 1 aromatic heterocycles. The Morgan fingerprint density at radius 3 is 3.00 bits per heavy atom. The SMILES string of the molecule is CNC(C)Cc1cccc2ccoc12. The molecule has 0 aliphatic heterocycles. The number of likely N-dealkylation sites (N-methyl/N-ethyl adjacent to an activating group) is 1. The van der Waals surface area contributed by atoms with Gasteiger partial charge < -0.3 is 9.73 Å². The first-order valence-corrected chi connectivity index (χ1v) is 4.93. The molecule has 0 spiro atoms. The van der Waals surface area contributed by atoms with Crippen molar-refractivity contribution in [3.8, 4) is 0 Å². The monoisotopic (exact) mass is 189 g/mol. The van der Waals surface area contributed by atoms with E-state index >= 15 is 0 Å². The van der Waals surface area contributed by atoms with Crippen molar-refractivity contribution in [1.29, 1.82) is 0 Å². The summed E-state index contributed by atoms with van der Waals surface area (Å²) in [5, 5.41) is 4.41. The second-order valence-corrected chi connectivity index (χ2v) is 3.65. The molecule has 2 nitrogen and oxygen atoms in total. The molecule has 0 fully saturated rings. The predicted octanol–water partition coefficient (Wildman–Crippen LogP) is 2.58. The topological polar surface area (TPSA) is 25.2 Å². The van der Waals surface area contributed by atoms with Crippen molar-refractivity contribution >= 4 is 11.0 Å². The lowest BCUT2D eigenvalue weighted by Gasteiger charge is -2.09. The van der Waals surface area contributed by atoms with Crippen LogP contribution in [0, 0.1) is 0 Å². The van der Waals surface area contributed by atoms with E-state index in [1.54, 1.807) is 6.26 Å². The maximum Gasteiger partial charge on any atom is 0.137 e. The number of hydrogen-bond donors (Lipinski definition) is 1. The molecular formula is C12H15NO. The maximum absolute atomic E-state index is 5.47. The van der Waals surface area contributed by atoms with Gasteiger partial charge in [0.25, 0.3) is 0 Å². The summed E-state index contributed by atoms with van der Waals surface area (Å²) in [5.41, 5.74) is 2.30. The molecule has 14 heavy (non-hydrogen) atoms. The van der Waals surface area contributed by atoms with E-state index in [4.69, 9.17) is 4.42 Å². The van der Waals surface area contributed by atoms with E-state index in [2.05, 4.69) is 30.4 Å². The zero-order chi connectivity index (χ0) is 9.97. The van der Waals surface area contributed by atoms with Gasteiger partial charge in [0.15, 0.2) is 0 Å². The molecule has 1 unspecified atom stereocenters. The minimum atomic E-state index is 0.477. The highest BCUT2D eigenvalue weighted by Crippen LogP contribution is 2.20. The highest BCUT2D eigenvalue weighted by atomic mass is 16.3. The number of furan rings is 1. The Morgan fingerprint density at radius 2 is 2.21 bits per heavy atom. The quantitative estimate of drug-likeness (QED) is 0.802. The normalized spacial score (nSPS) is 13.3. The van der Waals surface area contributed by atoms with Crippen molar-refractivity contribution in [3.63, 3.8) is 0 Å². The van der Waals surface area contributed by atoms with Crippen molar-refractivity contribution in [1.82, 2.24) is 5.32 Å². The molecule has 0 saturated carbocycles. The van der Waals surface area contributed by atoms with E-state index in [1.807, 2.05) is 13.1 Å². The molecule has 0 saturated heterocycles. The van der Waals surface area contributed by atoms with Crippen LogP contribution in [0.2, 0.25) is 0 Å². The fraction of sp³-hybridized carbons (Fsp3) is 0.333. The Labute approximate surface area is 83.9 Å². The van der Waals surface area contributed by atoms with Crippen molar-refractivity contribution in [3.05, 3.63) is 36.1 Å². The Balaban J connectivity index is 2.36. The third-order valence-electron chi connectivity index (χ3n) is 2.58. The van der Waals surface area contributed by atoms with Gasteiger partial charge in [-0.1, -0.05) is 18.2 Å². The molecule has 0 radical (unpaired) electrons. The maximum atomic E-state index is 5.47. The third-order valence-corrected chi connectivity index (χ3v) is 2.58. The van der Waals surface area contributed by atoms with Gasteiger partial charge in [0.05, 0.1) is 6.26 Å². The lowest BCUT2D eigenvalue weighted by Crippen LogP contribution is -2.23. The van der Waals surface area contributed by atoms with Gasteiger partial charge in [-0.3, -0.25) is 0 Å². The van der Waals surface area contributed by atoms with Crippen molar-refractivity contribution in [2.24, 2.45) is 0 Å². The van der Waals surface area contributed by atoms with Crippen LogP contribution >= 0.6 is 0 Å². The number of benzene rings is 1. The van der Waals surface area contributed by atoms with Crippen LogP contribution < -0.4 is 5.32 Å². The van der Waals surface area contributed by atoms with Crippen LogP contribution in [-0.2, 0) is 6.42 Å². The molecule has 1 N–H and O–H groups in total. The van der Waals surface area contributed by atoms with E-state index in [0.29, 0.717) is 6.04 Å². The first-order valence-electron chi connectivity index (χ1n) is 4.93. The molecule has 0 aliphatic rings. The molecular weight excluding hydrogens is 174 g/mol. The Hall–Kier alpha value is -1.28. The molecule has 0 aliphatic carbocycles. The summed E-state index contributed by atoms with van der Waals surface area (Å²) >= 11 is 0. The van der Waals surface area contributed by atoms with Gasteiger partial charge >= 0.3 is 0 Å².